The van der Waals surface area contributed by atoms with Crippen molar-refractivity contribution in [1.82, 2.24) is 15.3 Å². The fourth-order valence-corrected chi connectivity index (χ4v) is 4.16. The summed E-state index contributed by atoms with van der Waals surface area (Å²) in [5, 5.41) is 4.27. The van der Waals surface area contributed by atoms with Gasteiger partial charge in [0, 0.05) is 12.4 Å². The maximum absolute atomic E-state index is 11.6. The number of hydrogen-bond acceptors (Lipinski definition) is 5. The summed E-state index contributed by atoms with van der Waals surface area (Å²) in [6, 6.07) is 0.441. The highest BCUT2D eigenvalue weighted by Gasteiger charge is 2.37. The van der Waals surface area contributed by atoms with E-state index in [0.717, 1.165) is 0 Å². The molecule has 2 amide bonds. The van der Waals surface area contributed by atoms with Crippen LogP contribution in [0.5, 0.6) is 0 Å². The van der Waals surface area contributed by atoms with Gasteiger partial charge in [0.15, 0.2) is 9.84 Å². The Morgan fingerprint density at radius 2 is 2.00 bits per heavy atom. The van der Waals surface area contributed by atoms with Crippen LogP contribution >= 0.6 is 11.6 Å². The molecular formula is C9H11ClN4O3S. The van der Waals surface area contributed by atoms with Crippen LogP contribution in [-0.4, -0.2) is 47.3 Å². The zero-order valence-electron chi connectivity index (χ0n) is 9.21. The summed E-state index contributed by atoms with van der Waals surface area (Å²) < 4.78 is 22.6. The lowest BCUT2D eigenvalue weighted by Crippen LogP contribution is -2.43. The maximum atomic E-state index is 11.6. The summed E-state index contributed by atoms with van der Waals surface area (Å²) in [6.45, 7) is 0. The highest BCUT2D eigenvalue weighted by atomic mass is 35.5. The van der Waals surface area contributed by atoms with Gasteiger partial charge in [-0.1, -0.05) is 0 Å². The molecule has 1 aliphatic heterocycles. The molecule has 18 heavy (non-hydrogen) atoms. The van der Waals surface area contributed by atoms with Gasteiger partial charge in [-0.15, -0.1) is 11.6 Å². The zero-order valence-corrected chi connectivity index (χ0v) is 10.8. The van der Waals surface area contributed by atoms with E-state index in [0.29, 0.717) is 0 Å². The Morgan fingerprint density at radius 3 is 2.56 bits per heavy atom. The molecule has 1 fully saturated rings. The van der Waals surface area contributed by atoms with Crippen molar-refractivity contribution in [3.63, 3.8) is 0 Å². The molecule has 2 heterocycles. The first-order valence-corrected chi connectivity index (χ1v) is 7.41. The average molecular weight is 291 g/mol. The molecule has 0 unspecified atom stereocenters. The van der Waals surface area contributed by atoms with Gasteiger partial charge in [0.1, 0.15) is 0 Å². The number of halogens is 1. The van der Waals surface area contributed by atoms with Gasteiger partial charge >= 0.3 is 6.03 Å². The third kappa shape index (κ3) is 3.30. The quantitative estimate of drug-likeness (QED) is 0.747. The molecule has 0 saturated carbocycles. The number of sulfone groups is 1. The number of nitrogens with one attached hydrogen (secondary N) is 2. The lowest BCUT2D eigenvalue weighted by molar-refractivity contribution is 0.249. The largest absolute Gasteiger partial charge is 0.333 e. The van der Waals surface area contributed by atoms with E-state index in [2.05, 4.69) is 20.6 Å². The monoisotopic (exact) mass is 290 g/mol. The SMILES string of the molecule is O=C(Nc1ncccn1)N[C@H]1CS(=O)(=O)C[C@H]1Cl. The van der Waals surface area contributed by atoms with Crippen LogP contribution in [-0.2, 0) is 9.84 Å². The number of aromatic nitrogens is 2. The molecule has 0 aliphatic carbocycles. The molecule has 1 aromatic heterocycles. The van der Waals surface area contributed by atoms with E-state index in [4.69, 9.17) is 11.6 Å². The van der Waals surface area contributed by atoms with Gasteiger partial charge < -0.3 is 5.32 Å². The van der Waals surface area contributed by atoms with E-state index in [1.807, 2.05) is 0 Å². The Morgan fingerprint density at radius 1 is 1.33 bits per heavy atom. The van der Waals surface area contributed by atoms with Crippen molar-refractivity contribution in [3.05, 3.63) is 18.5 Å². The number of hydrogen-bond donors (Lipinski definition) is 2. The lowest BCUT2D eigenvalue weighted by atomic mass is 10.2. The molecule has 1 aliphatic rings. The smallest absolute Gasteiger partial charge is 0.321 e. The number of amides is 2. The Balaban J connectivity index is 1.93. The van der Waals surface area contributed by atoms with Crippen LogP contribution < -0.4 is 10.6 Å². The Kier molecular flexibility index (Phi) is 3.67. The number of carbonyl (C=O) groups is 1. The number of nitrogens with zero attached hydrogens (tertiary/aromatic N) is 2. The number of rotatable bonds is 2. The van der Waals surface area contributed by atoms with Crippen molar-refractivity contribution in [1.29, 1.82) is 0 Å². The fourth-order valence-electron chi connectivity index (χ4n) is 1.61. The molecule has 7 nitrogen and oxygen atoms in total. The summed E-state index contributed by atoms with van der Waals surface area (Å²) >= 11 is 5.86. The van der Waals surface area contributed by atoms with Gasteiger partial charge in [-0.3, -0.25) is 5.32 Å². The minimum Gasteiger partial charge on any atom is -0.333 e. The summed E-state index contributed by atoms with van der Waals surface area (Å²) in [6.07, 6.45) is 2.96. The molecule has 2 atom stereocenters. The maximum Gasteiger partial charge on any atom is 0.321 e. The van der Waals surface area contributed by atoms with Crippen LogP contribution in [0.15, 0.2) is 18.5 Å². The van der Waals surface area contributed by atoms with Crippen LogP contribution in [0.3, 0.4) is 0 Å². The van der Waals surface area contributed by atoms with Crippen LogP contribution in [0.2, 0.25) is 0 Å². The lowest BCUT2D eigenvalue weighted by Gasteiger charge is -2.14. The van der Waals surface area contributed by atoms with Crippen molar-refractivity contribution >= 4 is 33.4 Å². The Hall–Kier alpha value is -1.41. The Bertz CT molecular complexity index is 536. The van der Waals surface area contributed by atoms with E-state index < -0.39 is 27.3 Å². The third-order valence-electron chi connectivity index (χ3n) is 2.39. The van der Waals surface area contributed by atoms with Gasteiger partial charge in [0.25, 0.3) is 0 Å². The highest BCUT2D eigenvalue weighted by molar-refractivity contribution is 7.91. The molecule has 0 spiro atoms. The van der Waals surface area contributed by atoms with E-state index in [9.17, 15) is 13.2 Å². The molecule has 2 N–H and O–H groups in total. The van der Waals surface area contributed by atoms with Crippen molar-refractivity contribution in [2.45, 2.75) is 11.4 Å². The third-order valence-corrected chi connectivity index (χ3v) is 4.77. The van der Waals surface area contributed by atoms with Gasteiger partial charge in [0.2, 0.25) is 5.95 Å². The first-order valence-electron chi connectivity index (χ1n) is 5.15. The van der Waals surface area contributed by atoms with Crippen molar-refractivity contribution in [2.75, 3.05) is 16.8 Å². The Labute approximate surface area is 109 Å². The summed E-state index contributed by atoms with van der Waals surface area (Å²) in [7, 11) is -3.17. The van der Waals surface area contributed by atoms with Crippen molar-refractivity contribution < 1.29 is 13.2 Å². The van der Waals surface area contributed by atoms with E-state index in [-0.39, 0.29) is 17.5 Å². The summed E-state index contributed by atoms with van der Waals surface area (Å²) in [5.74, 6) is -0.132. The molecular weight excluding hydrogens is 280 g/mol. The minimum absolute atomic E-state index is 0.124. The van der Waals surface area contributed by atoms with E-state index in [1.54, 1.807) is 6.07 Å². The van der Waals surface area contributed by atoms with Crippen LogP contribution in [0, 0.1) is 0 Å². The second-order valence-electron chi connectivity index (χ2n) is 3.87. The average Bonchev–Trinajstić information content (AvgIpc) is 2.53. The van der Waals surface area contributed by atoms with E-state index in [1.165, 1.54) is 12.4 Å². The fraction of sp³-hybridized carbons (Fsp3) is 0.444. The minimum atomic E-state index is -3.17. The molecule has 0 bridgehead atoms. The molecule has 1 aromatic rings. The predicted molar refractivity (Wildman–Crippen MR) is 66.3 cm³/mol. The van der Waals surface area contributed by atoms with Gasteiger partial charge in [0.05, 0.1) is 22.9 Å². The molecule has 98 valence electrons. The van der Waals surface area contributed by atoms with Crippen molar-refractivity contribution in [3.8, 4) is 0 Å². The summed E-state index contributed by atoms with van der Waals surface area (Å²) in [4.78, 5) is 19.2. The first kappa shape index (κ1) is 13.0. The molecule has 2 rings (SSSR count). The molecule has 9 heteroatoms. The highest BCUT2D eigenvalue weighted by Crippen LogP contribution is 2.17. The number of alkyl halides is 1. The number of urea groups is 1. The molecule has 1 saturated heterocycles. The number of anilines is 1. The topological polar surface area (TPSA) is 101 Å². The molecule has 0 aromatic carbocycles. The van der Waals surface area contributed by atoms with Crippen LogP contribution in [0.25, 0.3) is 0 Å². The van der Waals surface area contributed by atoms with Gasteiger partial charge in [-0.05, 0) is 6.07 Å². The standard InChI is InChI=1S/C9H11ClN4O3S/c10-6-4-18(16,17)5-7(6)13-9(15)14-8-11-2-1-3-12-8/h1-3,6-7H,4-5H2,(H2,11,12,13,14,15)/t6-,7+/m1/s1. The second kappa shape index (κ2) is 5.07. The second-order valence-corrected chi connectivity index (χ2v) is 6.58. The van der Waals surface area contributed by atoms with E-state index >= 15 is 0 Å². The van der Waals surface area contributed by atoms with Crippen molar-refractivity contribution in [2.24, 2.45) is 0 Å². The number of carbonyl (C=O) groups excluding carboxylic acids is 1. The first-order chi connectivity index (χ1) is 8.46. The van der Waals surface area contributed by atoms with Crippen LogP contribution in [0.4, 0.5) is 10.7 Å². The normalized spacial score (nSPS) is 25.6. The van der Waals surface area contributed by atoms with Gasteiger partial charge in [-0.25, -0.2) is 23.2 Å². The van der Waals surface area contributed by atoms with Gasteiger partial charge in [-0.2, -0.15) is 0 Å². The summed E-state index contributed by atoms with van der Waals surface area (Å²) in [5.41, 5.74) is 0. The van der Waals surface area contributed by atoms with Crippen LogP contribution in [0.1, 0.15) is 0 Å². The molecule has 0 radical (unpaired) electrons. The zero-order chi connectivity index (χ0) is 13.2. The predicted octanol–water partition coefficient (Wildman–Crippen LogP) is 0.00250.